The molecule has 16 nitrogen and oxygen atoms in total. The van der Waals surface area contributed by atoms with Gasteiger partial charge in [-0.3, -0.25) is 0 Å². The summed E-state index contributed by atoms with van der Waals surface area (Å²) in [5.41, 5.74) is 0. The van der Waals surface area contributed by atoms with Crippen molar-refractivity contribution in [2.75, 3.05) is 19.8 Å². The molecule has 0 spiro atoms. The van der Waals surface area contributed by atoms with Crippen molar-refractivity contribution < 1.29 is 79.9 Å². The highest BCUT2D eigenvalue weighted by molar-refractivity contribution is 4.96. The lowest BCUT2D eigenvalue weighted by Gasteiger charge is -2.47. The third-order valence-corrected chi connectivity index (χ3v) is 6.09. The van der Waals surface area contributed by atoms with Gasteiger partial charge in [0.15, 0.2) is 18.9 Å². The first kappa shape index (κ1) is 27.9. The van der Waals surface area contributed by atoms with Gasteiger partial charge in [0.2, 0.25) is 0 Å². The van der Waals surface area contributed by atoms with Crippen molar-refractivity contribution in [2.45, 2.75) is 92.1 Å². The lowest BCUT2D eigenvalue weighted by molar-refractivity contribution is -0.377. The van der Waals surface area contributed by atoms with Crippen LogP contribution in [0, 0.1) is 0 Å². The molecule has 3 rings (SSSR count). The summed E-state index contributed by atoms with van der Waals surface area (Å²) < 4.78 is 26.4. The van der Waals surface area contributed by atoms with Crippen molar-refractivity contribution in [2.24, 2.45) is 0 Å². The lowest BCUT2D eigenvalue weighted by atomic mass is 9.96. The molecule has 200 valence electrons. The van der Waals surface area contributed by atoms with Crippen LogP contribution in [0.15, 0.2) is 0 Å². The van der Waals surface area contributed by atoms with Gasteiger partial charge < -0.3 is 79.9 Å². The molecule has 3 saturated heterocycles. The van der Waals surface area contributed by atoms with E-state index in [2.05, 4.69) is 0 Å². The zero-order valence-corrected chi connectivity index (χ0v) is 17.7. The molecule has 6 unspecified atom stereocenters. The van der Waals surface area contributed by atoms with Crippen LogP contribution in [0.3, 0.4) is 0 Å². The van der Waals surface area contributed by atoms with Crippen LogP contribution in [0.1, 0.15) is 0 Å². The van der Waals surface area contributed by atoms with E-state index in [4.69, 9.17) is 23.7 Å². The number of hydrogen-bond acceptors (Lipinski definition) is 16. The summed E-state index contributed by atoms with van der Waals surface area (Å²) in [6, 6.07) is 0. The second kappa shape index (κ2) is 11.6. The molecule has 0 aromatic heterocycles. The van der Waals surface area contributed by atoms with Crippen LogP contribution in [-0.2, 0) is 23.7 Å². The predicted octanol–water partition coefficient (Wildman–Crippen LogP) is -7.57. The van der Waals surface area contributed by atoms with E-state index in [1.54, 1.807) is 0 Å². The van der Waals surface area contributed by atoms with Gasteiger partial charge in [0.05, 0.1) is 19.8 Å². The highest BCUT2D eigenvalue weighted by Gasteiger charge is 2.53. The molecule has 0 aromatic carbocycles. The Morgan fingerprint density at radius 2 is 0.853 bits per heavy atom. The minimum atomic E-state index is -1.91. The Bertz CT molecular complexity index is 635. The fraction of sp³-hybridized carbons (Fsp3) is 1.00. The third kappa shape index (κ3) is 5.37. The van der Waals surface area contributed by atoms with E-state index in [0.717, 1.165) is 0 Å². The average molecular weight is 504 g/mol. The van der Waals surface area contributed by atoms with Crippen molar-refractivity contribution in [3.05, 3.63) is 0 Å². The fourth-order valence-electron chi connectivity index (χ4n) is 4.06. The van der Waals surface area contributed by atoms with Crippen molar-refractivity contribution in [1.82, 2.24) is 0 Å². The van der Waals surface area contributed by atoms with Crippen LogP contribution in [0.2, 0.25) is 0 Å². The molecule has 15 atom stereocenters. The fourth-order valence-corrected chi connectivity index (χ4v) is 4.06. The topological polar surface area (TPSA) is 269 Å². The molecule has 3 fully saturated rings. The lowest BCUT2D eigenvalue weighted by Crippen LogP contribution is -2.66. The molecular formula is C18H32O16. The van der Waals surface area contributed by atoms with Crippen molar-refractivity contribution in [1.29, 1.82) is 0 Å². The Kier molecular flexibility index (Phi) is 9.54. The summed E-state index contributed by atoms with van der Waals surface area (Å²) >= 11 is 0. The van der Waals surface area contributed by atoms with Gasteiger partial charge in [-0.15, -0.1) is 0 Å². The van der Waals surface area contributed by atoms with Crippen LogP contribution in [0.25, 0.3) is 0 Å². The van der Waals surface area contributed by atoms with Crippen LogP contribution < -0.4 is 0 Å². The number of ether oxygens (including phenoxy) is 5. The highest BCUT2D eigenvalue weighted by atomic mass is 16.8. The maximum atomic E-state index is 10.6. The predicted molar refractivity (Wildman–Crippen MR) is 101 cm³/mol. The van der Waals surface area contributed by atoms with Crippen molar-refractivity contribution >= 4 is 0 Å². The Balaban J connectivity index is 1.72. The van der Waals surface area contributed by atoms with E-state index < -0.39 is 112 Å². The quantitative estimate of drug-likeness (QED) is 0.154. The Morgan fingerprint density at radius 1 is 0.441 bits per heavy atom. The molecular weight excluding hydrogens is 472 g/mol. The van der Waals surface area contributed by atoms with Gasteiger partial charge in [0, 0.05) is 0 Å². The third-order valence-electron chi connectivity index (χ3n) is 6.09. The van der Waals surface area contributed by atoms with E-state index >= 15 is 0 Å². The molecule has 3 aliphatic rings. The van der Waals surface area contributed by atoms with E-state index in [-0.39, 0.29) is 0 Å². The molecule has 0 amide bonds. The van der Waals surface area contributed by atoms with Gasteiger partial charge in [0.25, 0.3) is 0 Å². The van der Waals surface area contributed by atoms with Gasteiger partial charge in [-0.25, -0.2) is 0 Å². The largest absolute Gasteiger partial charge is 0.394 e. The molecule has 0 saturated carbocycles. The monoisotopic (exact) mass is 504 g/mol. The number of aliphatic hydroxyl groups excluding tert-OH is 11. The standard InChI is InChI=1S/C18H32O16/c19-1-4-7(22)8(23)12(27)17(31-4)34-15-6(3-21)32-18(13(28)10(15)25)33-14-5(2-20)30-16(29)11(26)9(14)24/h4-29H,1-3H2/t4?,5-,6?,7+,8+,9?,10-,11?,12?,13?,14-,15+,16+,17+,18+/m1/s1. The maximum absolute atomic E-state index is 10.6. The summed E-state index contributed by atoms with van der Waals surface area (Å²) in [5, 5.41) is 109. The highest BCUT2D eigenvalue weighted by Crippen LogP contribution is 2.32. The molecule has 0 aliphatic carbocycles. The van der Waals surface area contributed by atoms with Gasteiger partial charge >= 0.3 is 0 Å². The normalized spacial score (nSPS) is 52.5. The smallest absolute Gasteiger partial charge is 0.187 e. The van der Waals surface area contributed by atoms with E-state index in [0.29, 0.717) is 0 Å². The molecule has 16 heteroatoms. The van der Waals surface area contributed by atoms with Crippen LogP contribution >= 0.6 is 0 Å². The molecule has 0 aromatic rings. The summed E-state index contributed by atoms with van der Waals surface area (Å²) in [6.45, 7) is -2.32. The van der Waals surface area contributed by atoms with Crippen molar-refractivity contribution in [3.8, 4) is 0 Å². The zero-order chi connectivity index (χ0) is 25.3. The van der Waals surface area contributed by atoms with Crippen molar-refractivity contribution in [3.63, 3.8) is 0 Å². The summed E-state index contributed by atoms with van der Waals surface area (Å²) in [6.07, 6.45) is -25.1. The molecule has 3 heterocycles. The van der Waals surface area contributed by atoms with Crippen LogP contribution in [0.4, 0.5) is 0 Å². The van der Waals surface area contributed by atoms with E-state index in [1.165, 1.54) is 0 Å². The van der Waals surface area contributed by atoms with Gasteiger partial charge in [-0.1, -0.05) is 0 Å². The second-order valence-corrected chi connectivity index (χ2v) is 8.33. The Labute approximate surface area is 192 Å². The molecule has 11 N–H and O–H groups in total. The minimum absolute atomic E-state index is 0.741. The number of hydrogen-bond donors (Lipinski definition) is 11. The molecule has 34 heavy (non-hydrogen) atoms. The average Bonchev–Trinajstić information content (AvgIpc) is 2.83. The van der Waals surface area contributed by atoms with Gasteiger partial charge in [-0.05, 0) is 0 Å². The summed E-state index contributed by atoms with van der Waals surface area (Å²) in [4.78, 5) is 0. The maximum Gasteiger partial charge on any atom is 0.187 e. The first-order valence-corrected chi connectivity index (χ1v) is 10.6. The summed E-state index contributed by atoms with van der Waals surface area (Å²) in [7, 11) is 0. The Hall–Kier alpha value is -0.640. The molecule has 3 aliphatic heterocycles. The number of rotatable bonds is 7. The van der Waals surface area contributed by atoms with E-state index in [9.17, 15) is 56.2 Å². The minimum Gasteiger partial charge on any atom is -0.394 e. The first-order chi connectivity index (χ1) is 16.0. The molecule has 0 radical (unpaired) electrons. The second-order valence-electron chi connectivity index (χ2n) is 8.33. The van der Waals surface area contributed by atoms with E-state index in [1.807, 2.05) is 0 Å². The Morgan fingerprint density at radius 3 is 1.35 bits per heavy atom. The molecule has 0 bridgehead atoms. The summed E-state index contributed by atoms with van der Waals surface area (Å²) in [5.74, 6) is 0. The number of aliphatic hydroxyl groups is 11. The van der Waals surface area contributed by atoms with Gasteiger partial charge in [0.1, 0.15) is 73.2 Å². The SMILES string of the molecule is OCC1O[C@@H](O[C@H]2C(CO)O[C@@H](O[C@H]3C(O)C(O)[C@@H](O)O[C@@H]3CO)C(O)[C@H]2O)C(O)[C@@H](O)[C@H]1O. The zero-order valence-electron chi connectivity index (χ0n) is 17.7. The van der Waals surface area contributed by atoms with Gasteiger partial charge in [-0.2, -0.15) is 0 Å². The van der Waals surface area contributed by atoms with Crippen LogP contribution in [0.5, 0.6) is 0 Å². The van der Waals surface area contributed by atoms with Crippen LogP contribution in [-0.4, -0.2) is 168 Å². The first-order valence-electron chi connectivity index (χ1n) is 10.6.